The molecule has 53 heavy (non-hydrogen) atoms. The molecule has 256 valence electrons. The molecule has 4 saturated carbocycles. The molecule has 1 aromatic heterocycles. The average molecular weight is 684 g/mol. The van der Waals surface area contributed by atoms with Crippen molar-refractivity contribution in [3.63, 3.8) is 0 Å². The summed E-state index contributed by atoms with van der Waals surface area (Å²) in [6, 6.07) is 47.1. The third kappa shape index (κ3) is 3.98. The second-order valence-electron chi connectivity index (χ2n) is 17.2. The third-order valence-electron chi connectivity index (χ3n) is 14.3. The van der Waals surface area contributed by atoms with Crippen molar-refractivity contribution in [2.75, 3.05) is 0 Å². The van der Waals surface area contributed by atoms with E-state index in [1.807, 2.05) is 0 Å². The monoisotopic (exact) mass is 683 g/mol. The maximum absolute atomic E-state index is 5.40. The summed E-state index contributed by atoms with van der Waals surface area (Å²) in [4.78, 5) is 15.9. The first-order valence-electron chi connectivity index (χ1n) is 19.7. The predicted octanol–water partition coefficient (Wildman–Crippen LogP) is 12.1. The van der Waals surface area contributed by atoms with Crippen LogP contribution in [0.1, 0.15) is 68.2 Å². The summed E-state index contributed by atoms with van der Waals surface area (Å²) in [5, 5.41) is 2.69. The van der Waals surface area contributed by atoms with Gasteiger partial charge in [-0.3, -0.25) is 0 Å². The quantitative estimate of drug-likeness (QED) is 0.186. The van der Waals surface area contributed by atoms with E-state index < -0.39 is 0 Å². The largest absolute Gasteiger partial charge is 0.208 e. The van der Waals surface area contributed by atoms with Gasteiger partial charge < -0.3 is 0 Å². The zero-order valence-corrected chi connectivity index (χ0v) is 30.3. The van der Waals surface area contributed by atoms with Gasteiger partial charge in [0.15, 0.2) is 17.5 Å². The van der Waals surface area contributed by atoms with Gasteiger partial charge in [-0.15, -0.1) is 0 Å². The van der Waals surface area contributed by atoms with Crippen LogP contribution < -0.4 is 0 Å². The zero-order chi connectivity index (χ0) is 35.1. The van der Waals surface area contributed by atoms with Crippen LogP contribution in [0.25, 0.3) is 67.2 Å². The van der Waals surface area contributed by atoms with Crippen molar-refractivity contribution in [3.05, 3.63) is 150 Å². The Hall–Kier alpha value is -5.41. The van der Waals surface area contributed by atoms with Crippen molar-refractivity contribution in [1.29, 1.82) is 0 Å². The second kappa shape index (κ2) is 10.6. The van der Waals surface area contributed by atoms with Crippen LogP contribution in [0.5, 0.6) is 0 Å². The van der Waals surface area contributed by atoms with Gasteiger partial charge in [0.05, 0.1) is 0 Å². The Bertz CT molecular complexity index is 2640. The summed E-state index contributed by atoms with van der Waals surface area (Å²) in [6.07, 6.45) is 6.95. The Morgan fingerprint density at radius 1 is 0.453 bits per heavy atom. The van der Waals surface area contributed by atoms with Crippen LogP contribution in [-0.2, 0) is 10.8 Å². The van der Waals surface area contributed by atoms with Crippen LogP contribution in [0, 0.1) is 23.7 Å². The standard InChI is InChI=1S/C50H41N3/c1-49(2)40-17-9-8-15-37(40)45-38(16-10-18-42(45)49)48-52-46(32-12-4-3-5-13-32)51-47(53-48)33-20-21-41-39(28-33)44-36-14-7-6-11-31(36)19-22-43(44)50(41)34-24-29-23-30(26-34)27-35(50)25-29/h3-22,28-30,34-35H,23-27H2,1-2H3. The molecule has 0 atom stereocenters. The van der Waals surface area contributed by atoms with Crippen LogP contribution in [0.2, 0.25) is 0 Å². The fourth-order valence-corrected chi connectivity index (χ4v) is 12.4. The van der Waals surface area contributed by atoms with Gasteiger partial charge in [-0.25, -0.2) is 15.0 Å². The first-order chi connectivity index (χ1) is 26.0. The van der Waals surface area contributed by atoms with Crippen molar-refractivity contribution < 1.29 is 0 Å². The summed E-state index contributed by atoms with van der Waals surface area (Å²) < 4.78 is 0. The molecule has 0 saturated heterocycles. The van der Waals surface area contributed by atoms with Crippen LogP contribution in [0.4, 0.5) is 0 Å². The van der Waals surface area contributed by atoms with E-state index in [9.17, 15) is 0 Å². The maximum Gasteiger partial charge on any atom is 0.164 e. The van der Waals surface area contributed by atoms with Crippen molar-refractivity contribution in [1.82, 2.24) is 15.0 Å². The fourth-order valence-electron chi connectivity index (χ4n) is 12.4. The Morgan fingerprint density at radius 3 is 1.91 bits per heavy atom. The van der Waals surface area contributed by atoms with E-state index in [0.717, 1.165) is 40.2 Å². The van der Waals surface area contributed by atoms with Gasteiger partial charge in [-0.1, -0.05) is 135 Å². The highest BCUT2D eigenvalue weighted by molar-refractivity contribution is 6.03. The molecule has 0 aliphatic heterocycles. The highest BCUT2D eigenvalue weighted by Crippen LogP contribution is 2.70. The number of hydrogen-bond acceptors (Lipinski definition) is 3. The number of aromatic nitrogens is 3. The van der Waals surface area contributed by atoms with E-state index in [2.05, 4.69) is 141 Å². The molecule has 6 aliphatic carbocycles. The van der Waals surface area contributed by atoms with E-state index >= 15 is 0 Å². The van der Waals surface area contributed by atoms with Crippen molar-refractivity contribution in [2.24, 2.45) is 23.7 Å². The van der Waals surface area contributed by atoms with Gasteiger partial charge >= 0.3 is 0 Å². The molecule has 6 aromatic carbocycles. The van der Waals surface area contributed by atoms with E-state index in [0.29, 0.717) is 17.7 Å². The zero-order valence-electron chi connectivity index (χ0n) is 30.3. The van der Waals surface area contributed by atoms with Crippen LogP contribution >= 0.6 is 0 Å². The maximum atomic E-state index is 5.40. The van der Waals surface area contributed by atoms with Gasteiger partial charge in [-0.05, 0) is 117 Å². The van der Waals surface area contributed by atoms with Gasteiger partial charge in [0.1, 0.15) is 0 Å². The van der Waals surface area contributed by atoms with Crippen LogP contribution in [0.3, 0.4) is 0 Å². The third-order valence-corrected chi connectivity index (χ3v) is 14.3. The normalized spacial score (nSPS) is 25.0. The fraction of sp³-hybridized carbons (Fsp3) is 0.260. The molecule has 13 rings (SSSR count). The molecule has 6 aliphatic rings. The van der Waals surface area contributed by atoms with E-state index in [1.54, 1.807) is 11.1 Å². The molecule has 3 nitrogen and oxygen atoms in total. The van der Waals surface area contributed by atoms with E-state index in [4.69, 9.17) is 15.0 Å². The Labute approximate surface area is 311 Å². The number of hydrogen-bond donors (Lipinski definition) is 0. The highest BCUT2D eigenvalue weighted by Gasteiger charge is 2.61. The molecule has 0 unspecified atom stereocenters. The molecule has 1 spiro atoms. The molecule has 0 amide bonds. The van der Waals surface area contributed by atoms with Gasteiger partial charge in [0.25, 0.3) is 0 Å². The molecule has 7 aromatic rings. The summed E-state index contributed by atoms with van der Waals surface area (Å²) >= 11 is 0. The van der Waals surface area contributed by atoms with Gasteiger partial charge in [0, 0.05) is 27.5 Å². The Balaban J connectivity index is 1.09. The number of fused-ring (bicyclic) bond motifs is 8. The second-order valence-corrected chi connectivity index (χ2v) is 17.2. The molecule has 0 radical (unpaired) electrons. The number of rotatable bonds is 3. The molecule has 0 N–H and O–H groups in total. The Morgan fingerprint density at radius 2 is 1.09 bits per heavy atom. The molecule has 3 heteroatoms. The van der Waals surface area contributed by atoms with E-state index in [-0.39, 0.29) is 10.8 Å². The summed E-state index contributed by atoms with van der Waals surface area (Å²) in [5.74, 6) is 5.41. The highest BCUT2D eigenvalue weighted by atomic mass is 15.0. The first-order valence-corrected chi connectivity index (χ1v) is 19.7. The lowest BCUT2D eigenvalue weighted by molar-refractivity contribution is -0.0399. The summed E-state index contributed by atoms with van der Waals surface area (Å²) in [5.41, 5.74) is 14.3. The lowest BCUT2D eigenvalue weighted by Gasteiger charge is -2.61. The Kier molecular flexibility index (Phi) is 6.02. The van der Waals surface area contributed by atoms with Crippen molar-refractivity contribution in [3.8, 4) is 56.4 Å². The lowest BCUT2D eigenvalue weighted by Crippen LogP contribution is -2.55. The average Bonchev–Trinajstić information content (AvgIpc) is 3.62. The minimum Gasteiger partial charge on any atom is -0.208 e. The van der Waals surface area contributed by atoms with Crippen LogP contribution in [0.15, 0.2) is 127 Å². The summed E-state index contributed by atoms with van der Waals surface area (Å²) in [7, 11) is 0. The molecule has 4 bridgehead atoms. The molecular weight excluding hydrogens is 643 g/mol. The predicted molar refractivity (Wildman–Crippen MR) is 214 cm³/mol. The molecule has 4 fully saturated rings. The van der Waals surface area contributed by atoms with E-state index in [1.165, 1.54) is 76.3 Å². The lowest BCUT2D eigenvalue weighted by atomic mass is 9.43. The first kappa shape index (κ1) is 30.1. The van der Waals surface area contributed by atoms with Crippen LogP contribution in [-0.4, -0.2) is 15.0 Å². The minimum absolute atomic E-state index is 0.102. The van der Waals surface area contributed by atoms with Gasteiger partial charge in [-0.2, -0.15) is 0 Å². The smallest absolute Gasteiger partial charge is 0.164 e. The number of benzene rings is 6. The van der Waals surface area contributed by atoms with Gasteiger partial charge in [0.2, 0.25) is 0 Å². The van der Waals surface area contributed by atoms with Crippen molar-refractivity contribution in [2.45, 2.75) is 56.8 Å². The summed E-state index contributed by atoms with van der Waals surface area (Å²) in [6.45, 7) is 4.66. The topological polar surface area (TPSA) is 38.7 Å². The number of nitrogens with zero attached hydrogens (tertiary/aromatic N) is 3. The van der Waals surface area contributed by atoms with Crippen molar-refractivity contribution >= 4 is 10.8 Å². The molecular formula is C50H41N3. The molecule has 1 heterocycles. The minimum atomic E-state index is -0.107. The SMILES string of the molecule is CC1(C)c2ccccc2-c2c(-c3nc(-c4ccccc4)nc(-c4ccc5c(c4)-c4c(ccc6ccccc46)C54C5CC6CC(C5)CC4C6)n3)cccc21.